The van der Waals surface area contributed by atoms with E-state index in [-0.39, 0.29) is 11.7 Å². The molecule has 25 heavy (non-hydrogen) atoms. The van der Waals surface area contributed by atoms with E-state index in [0.717, 1.165) is 47.3 Å². The molecule has 0 amide bonds. The third-order valence-electron chi connectivity index (χ3n) is 6.03. The highest BCUT2D eigenvalue weighted by Gasteiger charge is 2.46. The first-order valence-electron chi connectivity index (χ1n) is 9.17. The number of carbonyl (C=O) groups excluding carboxylic acids is 1. The SMILES string of the molecule is CCOC(=O)c1c(C)[nH]c2ccc3c(c12)CC1CCCN(C)C1(C)O3. The zero-order chi connectivity index (χ0) is 17.8. The van der Waals surface area contributed by atoms with Crippen LogP contribution in [0.2, 0.25) is 0 Å². The van der Waals surface area contributed by atoms with E-state index in [9.17, 15) is 4.79 Å². The van der Waals surface area contributed by atoms with Crippen molar-refractivity contribution >= 4 is 16.9 Å². The second kappa shape index (κ2) is 5.77. The largest absolute Gasteiger partial charge is 0.472 e. The molecule has 5 nitrogen and oxygen atoms in total. The molecule has 2 atom stereocenters. The van der Waals surface area contributed by atoms with E-state index in [1.807, 2.05) is 26.0 Å². The molecule has 5 heteroatoms. The molecular formula is C20H26N2O3. The highest BCUT2D eigenvalue weighted by molar-refractivity contribution is 6.07. The molecule has 0 bridgehead atoms. The Hall–Kier alpha value is -2.01. The van der Waals surface area contributed by atoms with Gasteiger partial charge in [-0.15, -0.1) is 0 Å². The van der Waals surface area contributed by atoms with Gasteiger partial charge < -0.3 is 14.5 Å². The van der Waals surface area contributed by atoms with Crippen LogP contribution in [-0.2, 0) is 11.2 Å². The van der Waals surface area contributed by atoms with Gasteiger partial charge in [0.05, 0.1) is 12.2 Å². The Morgan fingerprint density at radius 3 is 3.04 bits per heavy atom. The average molecular weight is 342 g/mol. The topological polar surface area (TPSA) is 54.6 Å². The number of aromatic amines is 1. The minimum atomic E-state index is -0.269. The fourth-order valence-corrected chi connectivity index (χ4v) is 4.53. The number of fused-ring (bicyclic) bond motifs is 4. The lowest BCUT2D eigenvalue weighted by Crippen LogP contribution is -2.59. The van der Waals surface area contributed by atoms with Crippen LogP contribution in [0.5, 0.6) is 5.75 Å². The van der Waals surface area contributed by atoms with E-state index in [1.165, 1.54) is 6.42 Å². The van der Waals surface area contributed by atoms with Gasteiger partial charge >= 0.3 is 5.97 Å². The van der Waals surface area contributed by atoms with Crippen LogP contribution in [0.3, 0.4) is 0 Å². The number of hydrogen-bond acceptors (Lipinski definition) is 4. The molecule has 1 N–H and O–H groups in total. The fourth-order valence-electron chi connectivity index (χ4n) is 4.53. The zero-order valence-corrected chi connectivity index (χ0v) is 15.4. The van der Waals surface area contributed by atoms with Crippen LogP contribution >= 0.6 is 0 Å². The molecule has 1 aromatic heterocycles. The smallest absolute Gasteiger partial charge is 0.340 e. The molecule has 2 aliphatic heterocycles. The van der Waals surface area contributed by atoms with Crippen LogP contribution < -0.4 is 4.74 Å². The van der Waals surface area contributed by atoms with Crippen molar-refractivity contribution in [3.8, 4) is 5.75 Å². The van der Waals surface area contributed by atoms with Gasteiger partial charge in [0.15, 0.2) is 5.72 Å². The second-order valence-electron chi connectivity index (χ2n) is 7.43. The molecule has 3 heterocycles. The molecule has 1 aromatic carbocycles. The Labute approximate surface area is 148 Å². The third kappa shape index (κ3) is 2.36. The van der Waals surface area contributed by atoms with E-state index in [4.69, 9.17) is 9.47 Å². The van der Waals surface area contributed by atoms with Crippen molar-refractivity contribution in [2.45, 2.75) is 45.8 Å². The maximum atomic E-state index is 12.5. The van der Waals surface area contributed by atoms with Crippen LogP contribution in [0.1, 0.15) is 48.3 Å². The maximum absolute atomic E-state index is 12.5. The summed E-state index contributed by atoms with van der Waals surface area (Å²) in [5, 5.41) is 0.976. The highest BCUT2D eigenvalue weighted by atomic mass is 16.5. The van der Waals surface area contributed by atoms with Crippen LogP contribution in [-0.4, -0.2) is 41.8 Å². The van der Waals surface area contributed by atoms with Crippen LogP contribution in [0, 0.1) is 12.8 Å². The summed E-state index contributed by atoms with van der Waals surface area (Å²) in [5.74, 6) is 1.06. The number of piperidine rings is 1. The summed E-state index contributed by atoms with van der Waals surface area (Å²) in [7, 11) is 2.14. The van der Waals surface area contributed by atoms with Gasteiger partial charge in [-0.3, -0.25) is 4.90 Å². The fraction of sp³-hybridized carbons (Fsp3) is 0.550. The van der Waals surface area contributed by atoms with E-state index in [1.54, 1.807) is 0 Å². The predicted molar refractivity (Wildman–Crippen MR) is 97.1 cm³/mol. The first-order valence-corrected chi connectivity index (χ1v) is 9.17. The molecule has 2 aliphatic rings. The third-order valence-corrected chi connectivity index (χ3v) is 6.03. The highest BCUT2D eigenvalue weighted by Crippen LogP contribution is 2.46. The Morgan fingerprint density at radius 1 is 1.48 bits per heavy atom. The number of aryl methyl sites for hydroxylation is 1. The first kappa shape index (κ1) is 16.5. The average Bonchev–Trinajstić information content (AvgIpc) is 2.91. The molecule has 2 aromatic rings. The number of carbonyl (C=O) groups is 1. The van der Waals surface area contributed by atoms with Gasteiger partial charge in [0, 0.05) is 34.6 Å². The van der Waals surface area contributed by atoms with Gasteiger partial charge in [-0.25, -0.2) is 4.79 Å². The lowest BCUT2D eigenvalue weighted by atomic mass is 9.79. The number of H-pyrrole nitrogens is 1. The molecule has 0 radical (unpaired) electrons. The summed E-state index contributed by atoms with van der Waals surface area (Å²) in [4.78, 5) is 18.2. The number of nitrogens with zero attached hydrogens (tertiary/aromatic N) is 1. The zero-order valence-electron chi connectivity index (χ0n) is 15.4. The van der Waals surface area contributed by atoms with E-state index >= 15 is 0 Å². The van der Waals surface area contributed by atoms with Gasteiger partial charge in [0.2, 0.25) is 0 Å². The number of aromatic nitrogens is 1. The number of hydrogen-bond donors (Lipinski definition) is 1. The Balaban J connectivity index is 1.88. The first-order chi connectivity index (χ1) is 12.0. The minimum Gasteiger partial charge on any atom is -0.472 e. The lowest BCUT2D eigenvalue weighted by Gasteiger charge is -2.51. The van der Waals surface area contributed by atoms with E-state index < -0.39 is 0 Å². The quantitative estimate of drug-likeness (QED) is 0.847. The molecule has 1 fully saturated rings. The van der Waals surface area contributed by atoms with Gasteiger partial charge in [-0.05, 0) is 59.2 Å². The number of esters is 1. The number of rotatable bonds is 2. The molecule has 0 aliphatic carbocycles. The minimum absolute atomic E-state index is 0.256. The van der Waals surface area contributed by atoms with Gasteiger partial charge in [-0.2, -0.15) is 0 Å². The van der Waals surface area contributed by atoms with Crippen molar-refractivity contribution in [3.05, 3.63) is 29.0 Å². The van der Waals surface area contributed by atoms with Gasteiger partial charge in [-0.1, -0.05) is 0 Å². The van der Waals surface area contributed by atoms with Crippen LogP contribution in [0.4, 0.5) is 0 Å². The molecular weight excluding hydrogens is 316 g/mol. The van der Waals surface area contributed by atoms with Crippen molar-refractivity contribution in [2.75, 3.05) is 20.2 Å². The summed E-state index contributed by atoms with van der Waals surface area (Å²) in [6.45, 7) is 7.40. The summed E-state index contributed by atoms with van der Waals surface area (Å²) in [5.41, 5.74) is 3.37. The number of likely N-dealkylation sites (tertiary alicyclic amines) is 1. The molecule has 0 spiro atoms. The van der Waals surface area contributed by atoms with Gasteiger partial charge in [0.1, 0.15) is 5.75 Å². The summed E-state index contributed by atoms with van der Waals surface area (Å²) in [6.07, 6.45) is 3.26. The second-order valence-corrected chi connectivity index (χ2v) is 7.43. The van der Waals surface area contributed by atoms with Crippen LogP contribution in [0.25, 0.3) is 10.9 Å². The monoisotopic (exact) mass is 342 g/mol. The standard InChI is InChI=1S/C20H26N2O3/c1-5-24-19(23)17-12(2)21-15-8-9-16-14(18(15)17)11-13-7-6-10-22(4)20(13,3)25-16/h8-9,13,21H,5-7,10-11H2,1-4H3. The van der Waals surface area contributed by atoms with E-state index in [0.29, 0.717) is 18.1 Å². The van der Waals surface area contributed by atoms with Gasteiger partial charge in [0.25, 0.3) is 0 Å². The molecule has 1 saturated heterocycles. The number of ether oxygens (including phenoxy) is 2. The molecule has 4 rings (SSSR count). The van der Waals surface area contributed by atoms with Crippen molar-refractivity contribution in [1.29, 1.82) is 0 Å². The molecule has 134 valence electrons. The Bertz CT molecular complexity index is 841. The molecule has 0 saturated carbocycles. The summed E-state index contributed by atoms with van der Waals surface area (Å²) in [6, 6.07) is 4.04. The normalized spacial score (nSPS) is 26.0. The lowest BCUT2D eigenvalue weighted by molar-refractivity contribution is -0.133. The molecule has 2 unspecified atom stereocenters. The van der Waals surface area contributed by atoms with E-state index in [2.05, 4.69) is 23.9 Å². The predicted octanol–water partition coefficient (Wildman–Crippen LogP) is 3.65. The van der Waals surface area contributed by atoms with Crippen LogP contribution in [0.15, 0.2) is 12.1 Å². The summed E-state index contributed by atoms with van der Waals surface area (Å²) < 4.78 is 11.8. The Kier molecular flexibility index (Phi) is 3.80. The van der Waals surface area contributed by atoms with Crippen molar-refractivity contribution in [2.24, 2.45) is 5.92 Å². The van der Waals surface area contributed by atoms with Crippen molar-refractivity contribution in [3.63, 3.8) is 0 Å². The number of benzene rings is 1. The van der Waals surface area contributed by atoms with Crippen molar-refractivity contribution in [1.82, 2.24) is 9.88 Å². The summed E-state index contributed by atoms with van der Waals surface area (Å²) >= 11 is 0. The maximum Gasteiger partial charge on any atom is 0.340 e. The Morgan fingerprint density at radius 2 is 2.28 bits per heavy atom. The van der Waals surface area contributed by atoms with Crippen molar-refractivity contribution < 1.29 is 14.3 Å². The number of nitrogens with one attached hydrogen (secondary N) is 1.